The molecule has 0 atom stereocenters. The third-order valence-electron chi connectivity index (χ3n) is 5.34. The van der Waals surface area contributed by atoms with Crippen molar-refractivity contribution < 1.29 is 39.5 Å². The molecule has 1 radical (unpaired) electrons. The molecule has 167 valence electrons. The topological polar surface area (TPSA) is 0 Å². The predicted molar refractivity (Wildman–Crippen MR) is 97.9 cm³/mol. The predicted octanol–water partition coefficient (Wildman–Crippen LogP) is 7.88. The molecule has 0 saturated heterocycles. The Morgan fingerprint density at radius 3 is 1.65 bits per heavy atom. The summed E-state index contributed by atoms with van der Waals surface area (Å²) >= 11 is 0. The van der Waals surface area contributed by atoms with Crippen molar-refractivity contribution >= 4 is 6.08 Å². The SMILES string of the molecule is CC(C)C1=Cc2c(cccc2-c2ccc(C(C(F)(F)F)(C(F)(F)F)C(F)(F)F)cc2)[CH]1. The lowest BCUT2D eigenvalue weighted by Crippen LogP contribution is -2.63. The molecule has 0 nitrogen and oxygen atoms in total. The summed E-state index contributed by atoms with van der Waals surface area (Å²) in [5, 5.41) is 0. The molecular weight excluding hydrogens is 435 g/mol. The zero-order valence-corrected chi connectivity index (χ0v) is 16.2. The van der Waals surface area contributed by atoms with Gasteiger partial charge in [-0.1, -0.05) is 68.0 Å². The Kier molecular flexibility index (Phi) is 5.47. The minimum Gasteiger partial charge on any atom is -0.169 e. The molecule has 0 heterocycles. The fourth-order valence-corrected chi connectivity index (χ4v) is 3.72. The minimum absolute atomic E-state index is 0.175. The van der Waals surface area contributed by atoms with Crippen molar-refractivity contribution in [3.63, 3.8) is 0 Å². The Balaban J connectivity index is 2.16. The van der Waals surface area contributed by atoms with Gasteiger partial charge in [-0.15, -0.1) is 0 Å². The number of rotatable bonds is 3. The molecule has 2 aromatic carbocycles. The van der Waals surface area contributed by atoms with Gasteiger partial charge in [0.2, 0.25) is 0 Å². The molecule has 0 spiro atoms. The van der Waals surface area contributed by atoms with E-state index >= 15 is 0 Å². The van der Waals surface area contributed by atoms with Crippen molar-refractivity contribution in [2.75, 3.05) is 0 Å². The number of hydrogen-bond acceptors (Lipinski definition) is 0. The third-order valence-corrected chi connectivity index (χ3v) is 5.34. The van der Waals surface area contributed by atoms with Crippen LogP contribution >= 0.6 is 0 Å². The van der Waals surface area contributed by atoms with Crippen molar-refractivity contribution in [1.29, 1.82) is 0 Å². The standard InChI is InChI=1S/C22H16F9/c1-12(2)15-10-14-4-3-5-17(18(14)11-15)13-6-8-16(9-7-13)19(20(23,24)25,21(26,27)28)22(29,30)31/h3-12H,1-2H3. The van der Waals surface area contributed by atoms with Gasteiger partial charge < -0.3 is 0 Å². The molecule has 0 fully saturated rings. The summed E-state index contributed by atoms with van der Waals surface area (Å²) in [7, 11) is 0. The van der Waals surface area contributed by atoms with E-state index in [0.29, 0.717) is 11.1 Å². The highest BCUT2D eigenvalue weighted by molar-refractivity contribution is 5.83. The van der Waals surface area contributed by atoms with Crippen LogP contribution < -0.4 is 0 Å². The van der Waals surface area contributed by atoms with E-state index in [1.807, 2.05) is 26.3 Å². The van der Waals surface area contributed by atoms with Gasteiger partial charge in [-0.2, -0.15) is 39.5 Å². The maximum absolute atomic E-state index is 13.3. The first-order chi connectivity index (χ1) is 14.1. The summed E-state index contributed by atoms with van der Waals surface area (Å²) in [4.78, 5) is 0. The molecule has 9 heteroatoms. The van der Waals surface area contributed by atoms with Gasteiger partial charge in [0.05, 0.1) is 0 Å². The Morgan fingerprint density at radius 2 is 1.19 bits per heavy atom. The van der Waals surface area contributed by atoms with Crippen LogP contribution in [0.2, 0.25) is 0 Å². The second kappa shape index (κ2) is 7.31. The van der Waals surface area contributed by atoms with Gasteiger partial charge >= 0.3 is 18.5 Å². The summed E-state index contributed by atoms with van der Waals surface area (Å²) in [6.07, 6.45) is -16.2. The lowest BCUT2D eigenvalue weighted by molar-refractivity contribution is -0.387. The summed E-state index contributed by atoms with van der Waals surface area (Å²) in [6.45, 7) is 3.90. The van der Waals surface area contributed by atoms with Gasteiger partial charge in [0.15, 0.2) is 0 Å². The molecule has 1 aliphatic rings. The lowest BCUT2D eigenvalue weighted by Gasteiger charge is -2.38. The molecule has 0 unspecified atom stereocenters. The van der Waals surface area contributed by atoms with Crippen molar-refractivity contribution in [1.82, 2.24) is 0 Å². The Bertz CT molecular complexity index is 952. The van der Waals surface area contributed by atoms with Gasteiger partial charge in [-0.25, -0.2) is 0 Å². The summed E-state index contributed by atoms with van der Waals surface area (Å²) in [5.41, 5.74) is -4.73. The average molecular weight is 451 g/mol. The molecule has 31 heavy (non-hydrogen) atoms. The highest BCUT2D eigenvalue weighted by Crippen LogP contribution is 2.60. The van der Waals surface area contributed by atoms with E-state index in [1.54, 1.807) is 18.2 Å². The summed E-state index contributed by atoms with van der Waals surface area (Å²) < 4.78 is 120. The fourth-order valence-electron chi connectivity index (χ4n) is 3.72. The van der Waals surface area contributed by atoms with Crippen molar-refractivity contribution in [3.8, 4) is 11.1 Å². The fraction of sp³-hybridized carbons (Fsp3) is 0.318. The van der Waals surface area contributed by atoms with Gasteiger partial charge in [0.25, 0.3) is 5.41 Å². The van der Waals surface area contributed by atoms with E-state index in [-0.39, 0.29) is 23.6 Å². The van der Waals surface area contributed by atoms with E-state index in [9.17, 15) is 39.5 Å². The van der Waals surface area contributed by atoms with Gasteiger partial charge in [0.1, 0.15) is 0 Å². The number of halogens is 9. The Morgan fingerprint density at radius 1 is 0.677 bits per heavy atom. The van der Waals surface area contributed by atoms with Crippen LogP contribution in [0.4, 0.5) is 39.5 Å². The smallest absolute Gasteiger partial charge is 0.169 e. The molecule has 1 aliphatic carbocycles. The molecular formula is C22H16F9. The Hall–Kier alpha value is -2.45. The van der Waals surface area contributed by atoms with Gasteiger partial charge in [-0.05, 0) is 33.7 Å². The molecule has 3 rings (SSSR count). The van der Waals surface area contributed by atoms with Crippen LogP contribution in [-0.4, -0.2) is 18.5 Å². The second-order valence-corrected chi connectivity index (χ2v) is 7.57. The van der Waals surface area contributed by atoms with E-state index < -0.39 is 29.5 Å². The van der Waals surface area contributed by atoms with E-state index in [0.717, 1.165) is 23.3 Å². The maximum atomic E-state index is 13.3. The largest absolute Gasteiger partial charge is 0.416 e. The second-order valence-electron chi connectivity index (χ2n) is 7.57. The highest BCUT2D eigenvalue weighted by Gasteiger charge is 2.84. The molecule has 0 N–H and O–H groups in total. The number of hydrogen-bond donors (Lipinski definition) is 0. The zero-order valence-electron chi connectivity index (χ0n) is 16.2. The summed E-state index contributed by atoms with van der Waals surface area (Å²) in [5.74, 6) is 0.175. The average Bonchev–Trinajstić information content (AvgIpc) is 3.03. The van der Waals surface area contributed by atoms with Gasteiger partial charge in [0, 0.05) is 6.42 Å². The molecule has 0 aliphatic heterocycles. The first-order valence-electron chi connectivity index (χ1n) is 9.11. The van der Waals surface area contributed by atoms with Crippen LogP contribution in [0.25, 0.3) is 17.2 Å². The van der Waals surface area contributed by atoms with Gasteiger partial charge in [-0.3, -0.25) is 0 Å². The van der Waals surface area contributed by atoms with Crippen LogP contribution in [0.1, 0.15) is 30.5 Å². The van der Waals surface area contributed by atoms with Crippen molar-refractivity contribution in [2.45, 2.75) is 37.8 Å². The van der Waals surface area contributed by atoms with Crippen LogP contribution in [0, 0.1) is 12.3 Å². The van der Waals surface area contributed by atoms with Crippen LogP contribution in [0.3, 0.4) is 0 Å². The molecule has 2 aromatic rings. The van der Waals surface area contributed by atoms with Crippen molar-refractivity contribution in [3.05, 3.63) is 71.1 Å². The van der Waals surface area contributed by atoms with E-state index in [2.05, 4.69) is 0 Å². The molecule has 0 bridgehead atoms. The van der Waals surface area contributed by atoms with Crippen LogP contribution in [-0.2, 0) is 5.41 Å². The first-order valence-corrected chi connectivity index (χ1v) is 9.11. The monoisotopic (exact) mass is 451 g/mol. The first kappa shape index (κ1) is 23.2. The molecule has 0 saturated carbocycles. The maximum Gasteiger partial charge on any atom is 0.416 e. The highest BCUT2D eigenvalue weighted by atomic mass is 19.4. The molecule has 0 amide bonds. The number of alkyl halides is 9. The summed E-state index contributed by atoms with van der Waals surface area (Å²) in [6, 6.07) is 7.24. The number of allylic oxidation sites excluding steroid dienone is 1. The Labute approximate surface area is 172 Å². The number of fused-ring (bicyclic) bond motifs is 1. The lowest BCUT2D eigenvalue weighted by atomic mass is 9.77. The van der Waals surface area contributed by atoms with E-state index in [1.165, 1.54) is 0 Å². The van der Waals surface area contributed by atoms with Crippen LogP contribution in [0.15, 0.2) is 48.0 Å². The minimum atomic E-state index is -6.64. The zero-order chi connectivity index (χ0) is 23.4. The van der Waals surface area contributed by atoms with Crippen molar-refractivity contribution in [2.24, 2.45) is 5.92 Å². The van der Waals surface area contributed by atoms with E-state index in [4.69, 9.17) is 0 Å². The normalized spacial score (nSPS) is 15.3. The number of benzene rings is 2. The quantitative estimate of drug-likeness (QED) is 0.417. The molecule has 0 aromatic heterocycles. The van der Waals surface area contributed by atoms with Crippen LogP contribution in [0.5, 0.6) is 0 Å². The third kappa shape index (κ3) is 3.61.